The SMILES string of the molecule is CCC(NC(=O)CC(CO)C(F)(F)F)c1ccccc1. The van der Waals surface area contributed by atoms with Crippen LogP contribution in [0.15, 0.2) is 30.3 Å². The van der Waals surface area contributed by atoms with Crippen molar-refractivity contribution in [3.05, 3.63) is 35.9 Å². The number of hydrogen-bond acceptors (Lipinski definition) is 2. The molecule has 0 aliphatic carbocycles. The zero-order valence-electron chi connectivity index (χ0n) is 11.2. The lowest BCUT2D eigenvalue weighted by Crippen LogP contribution is -2.35. The number of alkyl halides is 3. The molecule has 1 amide bonds. The molecule has 0 heterocycles. The number of nitrogens with one attached hydrogen (secondary N) is 1. The molecule has 3 nitrogen and oxygen atoms in total. The standard InChI is InChI=1S/C14H18F3NO2/c1-2-12(10-6-4-3-5-7-10)18-13(20)8-11(9-19)14(15,16)17/h3-7,11-12,19H,2,8-9H2,1H3,(H,18,20). The monoisotopic (exact) mass is 289 g/mol. The van der Waals surface area contributed by atoms with E-state index in [9.17, 15) is 18.0 Å². The van der Waals surface area contributed by atoms with Crippen molar-refractivity contribution < 1.29 is 23.1 Å². The van der Waals surface area contributed by atoms with E-state index >= 15 is 0 Å². The third-order valence-electron chi connectivity index (χ3n) is 3.06. The van der Waals surface area contributed by atoms with Gasteiger partial charge in [0.15, 0.2) is 0 Å². The fourth-order valence-corrected chi connectivity index (χ4v) is 1.87. The van der Waals surface area contributed by atoms with Crippen LogP contribution in [0.5, 0.6) is 0 Å². The van der Waals surface area contributed by atoms with Gasteiger partial charge in [0, 0.05) is 6.42 Å². The van der Waals surface area contributed by atoms with Crippen molar-refractivity contribution in [1.29, 1.82) is 0 Å². The molecule has 1 aromatic rings. The van der Waals surface area contributed by atoms with Crippen molar-refractivity contribution in [3.8, 4) is 0 Å². The Hall–Kier alpha value is -1.56. The number of aliphatic hydroxyl groups is 1. The number of hydrogen-bond donors (Lipinski definition) is 2. The quantitative estimate of drug-likeness (QED) is 0.846. The Kier molecular flexibility index (Phi) is 6.01. The summed E-state index contributed by atoms with van der Waals surface area (Å²) in [5, 5.41) is 11.3. The van der Waals surface area contributed by atoms with E-state index in [4.69, 9.17) is 5.11 Å². The normalized spacial score (nSPS) is 14.7. The van der Waals surface area contributed by atoms with Crippen LogP contribution in [0.25, 0.3) is 0 Å². The maximum atomic E-state index is 12.5. The van der Waals surface area contributed by atoms with Crippen LogP contribution < -0.4 is 5.32 Å². The molecule has 2 N–H and O–H groups in total. The second-order valence-electron chi connectivity index (χ2n) is 4.56. The van der Waals surface area contributed by atoms with Crippen LogP contribution in [0.3, 0.4) is 0 Å². The summed E-state index contributed by atoms with van der Waals surface area (Å²) in [4.78, 5) is 11.7. The van der Waals surface area contributed by atoms with Crippen molar-refractivity contribution in [2.75, 3.05) is 6.61 Å². The molecule has 0 aliphatic heterocycles. The maximum absolute atomic E-state index is 12.5. The van der Waals surface area contributed by atoms with Gasteiger partial charge < -0.3 is 10.4 Å². The number of rotatable bonds is 6. The first-order chi connectivity index (χ1) is 9.38. The van der Waals surface area contributed by atoms with Gasteiger partial charge in [-0.2, -0.15) is 13.2 Å². The largest absolute Gasteiger partial charge is 0.396 e. The lowest BCUT2D eigenvalue weighted by atomic mass is 10.0. The Morgan fingerprint density at radius 1 is 1.30 bits per heavy atom. The number of halogens is 3. The average Bonchev–Trinajstić information content (AvgIpc) is 2.41. The van der Waals surface area contributed by atoms with Crippen molar-refractivity contribution in [2.24, 2.45) is 5.92 Å². The van der Waals surface area contributed by atoms with Gasteiger partial charge in [0.25, 0.3) is 0 Å². The van der Waals surface area contributed by atoms with Gasteiger partial charge in [-0.3, -0.25) is 4.79 Å². The van der Waals surface area contributed by atoms with Crippen molar-refractivity contribution >= 4 is 5.91 Å². The van der Waals surface area contributed by atoms with Crippen LogP contribution in [0, 0.1) is 5.92 Å². The molecule has 20 heavy (non-hydrogen) atoms. The number of amides is 1. The van der Waals surface area contributed by atoms with Crippen LogP contribution in [0.2, 0.25) is 0 Å². The minimum absolute atomic E-state index is 0.323. The highest BCUT2D eigenvalue weighted by atomic mass is 19.4. The van der Waals surface area contributed by atoms with Crippen LogP contribution in [-0.2, 0) is 4.79 Å². The summed E-state index contributed by atoms with van der Waals surface area (Å²) in [5.41, 5.74) is 0.843. The zero-order valence-corrected chi connectivity index (χ0v) is 11.2. The molecule has 1 aromatic carbocycles. The van der Waals surface area contributed by atoms with Gasteiger partial charge in [-0.25, -0.2) is 0 Å². The Morgan fingerprint density at radius 2 is 1.90 bits per heavy atom. The summed E-state index contributed by atoms with van der Waals surface area (Å²) < 4.78 is 37.4. The summed E-state index contributed by atoms with van der Waals surface area (Å²) >= 11 is 0. The van der Waals surface area contributed by atoms with Crippen LogP contribution in [-0.4, -0.2) is 23.8 Å². The number of benzene rings is 1. The number of carbonyl (C=O) groups excluding carboxylic acids is 1. The molecule has 0 radical (unpaired) electrons. The minimum Gasteiger partial charge on any atom is -0.396 e. The first kappa shape index (κ1) is 16.5. The fraction of sp³-hybridized carbons (Fsp3) is 0.500. The summed E-state index contributed by atoms with van der Waals surface area (Å²) in [6, 6.07) is 8.72. The predicted molar refractivity (Wildman–Crippen MR) is 68.9 cm³/mol. The van der Waals surface area contributed by atoms with E-state index in [1.54, 1.807) is 12.1 Å². The van der Waals surface area contributed by atoms with E-state index in [0.717, 1.165) is 5.56 Å². The zero-order chi connectivity index (χ0) is 15.2. The number of aliphatic hydroxyl groups excluding tert-OH is 1. The number of carbonyl (C=O) groups is 1. The summed E-state index contributed by atoms with van der Waals surface area (Å²) in [5.74, 6) is -2.73. The van der Waals surface area contributed by atoms with E-state index < -0.39 is 31.0 Å². The molecule has 0 saturated heterocycles. The van der Waals surface area contributed by atoms with Crippen molar-refractivity contribution in [1.82, 2.24) is 5.32 Å². The Bertz CT molecular complexity index is 420. The first-order valence-corrected chi connectivity index (χ1v) is 6.40. The second-order valence-corrected chi connectivity index (χ2v) is 4.56. The fourth-order valence-electron chi connectivity index (χ4n) is 1.87. The topological polar surface area (TPSA) is 49.3 Å². The molecule has 0 aromatic heterocycles. The molecule has 1 rings (SSSR count). The molecule has 0 bridgehead atoms. The summed E-state index contributed by atoms with van der Waals surface area (Å²) in [7, 11) is 0. The highest BCUT2D eigenvalue weighted by molar-refractivity contribution is 5.76. The Labute approximate surface area is 115 Å². The maximum Gasteiger partial charge on any atom is 0.394 e. The van der Waals surface area contributed by atoms with E-state index in [2.05, 4.69) is 5.32 Å². The van der Waals surface area contributed by atoms with Crippen molar-refractivity contribution in [3.63, 3.8) is 0 Å². The van der Waals surface area contributed by atoms with Gasteiger partial charge in [0.1, 0.15) is 0 Å². The van der Waals surface area contributed by atoms with Crippen molar-refractivity contribution in [2.45, 2.75) is 32.0 Å². The molecular formula is C14H18F3NO2. The lowest BCUT2D eigenvalue weighted by molar-refractivity contribution is -0.187. The molecule has 112 valence electrons. The summed E-state index contributed by atoms with van der Waals surface area (Å²) in [6.07, 6.45) is -4.75. The van der Waals surface area contributed by atoms with E-state index in [1.165, 1.54) is 0 Å². The molecule has 2 atom stereocenters. The predicted octanol–water partition coefficient (Wildman–Crippen LogP) is 2.81. The molecule has 0 saturated carbocycles. The van der Waals surface area contributed by atoms with Crippen LogP contribution in [0.4, 0.5) is 13.2 Å². The highest BCUT2D eigenvalue weighted by Crippen LogP contribution is 2.28. The Morgan fingerprint density at radius 3 is 2.35 bits per heavy atom. The van der Waals surface area contributed by atoms with Crippen LogP contribution >= 0.6 is 0 Å². The van der Waals surface area contributed by atoms with E-state index in [1.807, 2.05) is 25.1 Å². The third-order valence-corrected chi connectivity index (χ3v) is 3.06. The lowest BCUT2D eigenvalue weighted by Gasteiger charge is -2.21. The molecule has 6 heteroatoms. The second kappa shape index (κ2) is 7.28. The average molecular weight is 289 g/mol. The minimum atomic E-state index is -4.57. The third kappa shape index (κ3) is 4.85. The Balaban J connectivity index is 2.65. The van der Waals surface area contributed by atoms with Gasteiger partial charge in [-0.15, -0.1) is 0 Å². The van der Waals surface area contributed by atoms with E-state index in [0.29, 0.717) is 6.42 Å². The smallest absolute Gasteiger partial charge is 0.394 e. The van der Waals surface area contributed by atoms with Gasteiger partial charge in [0.2, 0.25) is 5.91 Å². The first-order valence-electron chi connectivity index (χ1n) is 6.40. The molecule has 0 spiro atoms. The molecule has 0 aliphatic rings. The highest BCUT2D eigenvalue weighted by Gasteiger charge is 2.40. The molecule has 0 fully saturated rings. The van der Waals surface area contributed by atoms with Gasteiger partial charge >= 0.3 is 6.18 Å². The molecule has 2 unspecified atom stereocenters. The summed E-state index contributed by atoms with van der Waals surface area (Å²) in [6.45, 7) is 0.754. The van der Waals surface area contributed by atoms with Gasteiger partial charge in [0.05, 0.1) is 18.6 Å². The van der Waals surface area contributed by atoms with Gasteiger partial charge in [-0.05, 0) is 12.0 Å². The van der Waals surface area contributed by atoms with Gasteiger partial charge in [-0.1, -0.05) is 37.3 Å². The molecular weight excluding hydrogens is 271 g/mol. The van der Waals surface area contributed by atoms with E-state index in [-0.39, 0.29) is 6.04 Å². The van der Waals surface area contributed by atoms with Crippen LogP contribution in [0.1, 0.15) is 31.4 Å².